The molecule has 0 N–H and O–H groups in total. The van der Waals surface area contributed by atoms with E-state index in [0.717, 1.165) is 9.20 Å². The van der Waals surface area contributed by atoms with Gasteiger partial charge in [-0.3, -0.25) is 4.68 Å². The van der Waals surface area contributed by atoms with Crippen molar-refractivity contribution < 1.29 is 13.2 Å². The predicted molar refractivity (Wildman–Crippen MR) is 108 cm³/mol. The highest BCUT2D eigenvalue weighted by Gasteiger charge is 2.40. The van der Waals surface area contributed by atoms with Gasteiger partial charge in [0.05, 0.1) is 18.0 Å². The van der Waals surface area contributed by atoms with E-state index in [0.29, 0.717) is 11.4 Å². The summed E-state index contributed by atoms with van der Waals surface area (Å²) in [7, 11) is 3.03. The van der Waals surface area contributed by atoms with Gasteiger partial charge in [0, 0.05) is 19.5 Å². The second kappa shape index (κ2) is 6.90. The van der Waals surface area contributed by atoms with Gasteiger partial charge in [0.25, 0.3) is 11.5 Å². The van der Waals surface area contributed by atoms with E-state index in [2.05, 4.69) is 30.4 Å². The van der Waals surface area contributed by atoms with Crippen LogP contribution in [0.3, 0.4) is 0 Å². The number of aromatic nitrogens is 6. The maximum absolute atomic E-state index is 13.5. The summed E-state index contributed by atoms with van der Waals surface area (Å²) < 4.78 is 43.6. The van der Waals surface area contributed by atoms with E-state index in [4.69, 9.17) is 6.57 Å². The van der Waals surface area contributed by atoms with Crippen LogP contribution in [0, 0.1) is 6.57 Å². The van der Waals surface area contributed by atoms with Crippen molar-refractivity contribution in [2.75, 3.05) is 0 Å². The molecule has 0 radical (unpaired) electrons. The van der Waals surface area contributed by atoms with E-state index in [1.165, 1.54) is 11.7 Å². The van der Waals surface area contributed by atoms with Gasteiger partial charge in [-0.1, -0.05) is 41.5 Å². The molecule has 0 aliphatic carbocycles. The van der Waals surface area contributed by atoms with Crippen LogP contribution in [0.5, 0.6) is 0 Å². The number of alkyl halides is 3. The van der Waals surface area contributed by atoms with Gasteiger partial charge in [0.1, 0.15) is 0 Å². The summed E-state index contributed by atoms with van der Waals surface area (Å²) in [6, 6.07) is 0. The Morgan fingerprint density at radius 1 is 0.839 bits per heavy atom. The van der Waals surface area contributed by atoms with Crippen LogP contribution in [0.15, 0.2) is 10.2 Å². The lowest BCUT2D eigenvalue weighted by Gasteiger charge is -2.15. The number of rotatable bonds is 2. The second-order valence-electron chi connectivity index (χ2n) is 9.33. The summed E-state index contributed by atoms with van der Waals surface area (Å²) in [5.41, 5.74) is 0.356. The topological polar surface area (TPSA) is 82.0 Å². The van der Waals surface area contributed by atoms with Crippen molar-refractivity contribution in [3.63, 3.8) is 0 Å². The van der Waals surface area contributed by atoms with E-state index >= 15 is 0 Å². The van der Waals surface area contributed by atoms with Gasteiger partial charge >= 0.3 is 6.18 Å². The largest absolute Gasteiger partial charge is 0.453 e. The molecule has 3 aromatic heterocycles. The van der Waals surface area contributed by atoms with Crippen LogP contribution in [-0.2, 0) is 31.1 Å². The summed E-state index contributed by atoms with van der Waals surface area (Å²) in [4.78, 5) is 3.57. The van der Waals surface area contributed by atoms with Gasteiger partial charge in [-0.15, -0.1) is 15.3 Å². The normalized spacial score (nSPS) is 13.5. The maximum atomic E-state index is 13.5. The molecular weight excluding hydrogens is 411 g/mol. The van der Waals surface area contributed by atoms with Crippen LogP contribution in [0.25, 0.3) is 10.5 Å². The summed E-state index contributed by atoms with van der Waals surface area (Å²) >= 11 is 0. The average molecular weight is 435 g/mol. The molecule has 166 valence electrons. The van der Waals surface area contributed by atoms with E-state index in [1.54, 1.807) is 7.05 Å². The van der Waals surface area contributed by atoms with Crippen molar-refractivity contribution in [1.29, 1.82) is 0 Å². The third-order valence-corrected chi connectivity index (χ3v) is 4.61. The molecule has 3 heterocycles. The fourth-order valence-corrected chi connectivity index (χ4v) is 3.17. The molecule has 0 aliphatic rings. The molecule has 0 aliphatic heterocycles. The fraction of sp³-hybridized carbons (Fsp3) is 0.579. The third-order valence-electron chi connectivity index (χ3n) is 4.61. The van der Waals surface area contributed by atoms with Crippen LogP contribution < -0.4 is 0 Å². The monoisotopic (exact) mass is 435 g/mol. The molecular formula is C19H24F3N9. The summed E-state index contributed by atoms with van der Waals surface area (Å²) in [6.45, 7) is 18.8. The molecule has 12 heteroatoms. The van der Waals surface area contributed by atoms with Crippen molar-refractivity contribution in [3.8, 4) is 0 Å². The zero-order valence-corrected chi connectivity index (χ0v) is 18.7. The van der Waals surface area contributed by atoms with E-state index < -0.39 is 22.8 Å². The highest BCUT2D eigenvalue weighted by Crippen LogP contribution is 2.41. The van der Waals surface area contributed by atoms with Crippen molar-refractivity contribution in [2.24, 2.45) is 24.3 Å². The number of fused-ring (bicyclic) bond motifs is 1. The van der Waals surface area contributed by atoms with E-state index in [1.807, 2.05) is 41.5 Å². The van der Waals surface area contributed by atoms with Crippen LogP contribution in [0.2, 0.25) is 0 Å². The Labute approximate surface area is 177 Å². The zero-order chi connectivity index (χ0) is 23.5. The SMILES string of the molecule is [C-]#[N+]c1c(C(C)(C)C)nn(C)c1N=Nc1c(C(C)(C)C)nn2c(C(F)(F)F)nn(C)c12. The highest BCUT2D eigenvalue weighted by atomic mass is 19.4. The Kier molecular flexibility index (Phi) is 5.00. The standard InChI is InChI=1S/C19H24F3N9/c1-17(2,3)12-10(23-7)14(29(8)26-12)25-24-11-13(18(4,5)6)27-31-15(11)30(9)28-16(31)19(20,21)22/h1-6,8-9H3. The fourth-order valence-electron chi connectivity index (χ4n) is 3.17. The molecule has 9 nitrogen and oxygen atoms in total. The molecule has 0 bridgehead atoms. The number of halogens is 3. The first kappa shape index (κ1) is 22.5. The zero-order valence-electron chi connectivity index (χ0n) is 18.7. The lowest BCUT2D eigenvalue weighted by atomic mass is 9.91. The van der Waals surface area contributed by atoms with Gasteiger partial charge in [-0.05, 0) is 5.41 Å². The molecule has 0 atom stereocenters. The molecule has 31 heavy (non-hydrogen) atoms. The van der Waals surface area contributed by atoms with Crippen LogP contribution in [0.1, 0.15) is 58.8 Å². The minimum absolute atomic E-state index is 0.0589. The van der Waals surface area contributed by atoms with E-state index in [-0.39, 0.29) is 22.8 Å². The molecule has 3 rings (SSSR count). The Morgan fingerprint density at radius 2 is 1.42 bits per heavy atom. The number of hydrogen-bond donors (Lipinski definition) is 0. The van der Waals surface area contributed by atoms with Crippen LogP contribution in [0.4, 0.5) is 30.4 Å². The Hall–Kier alpha value is -3.23. The molecule has 0 saturated carbocycles. The smallest absolute Gasteiger partial charge is 0.260 e. The highest BCUT2D eigenvalue weighted by molar-refractivity contribution is 5.71. The first-order valence-corrected chi connectivity index (χ1v) is 9.47. The average Bonchev–Trinajstić information content (AvgIpc) is 3.23. The Bertz CT molecular complexity index is 1220. The van der Waals surface area contributed by atoms with Gasteiger partial charge < -0.3 is 0 Å². The summed E-state index contributed by atoms with van der Waals surface area (Å²) in [6.07, 6.45) is -4.68. The molecule has 0 aromatic carbocycles. The van der Waals surface area contributed by atoms with Crippen LogP contribution >= 0.6 is 0 Å². The Balaban J connectivity index is 2.28. The predicted octanol–water partition coefficient (Wildman–Crippen LogP) is 5.38. The summed E-state index contributed by atoms with van der Waals surface area (Å²) in [5.74, 6) is -0.924. The molecule has 0 unspecified atom stereocenters. The maximum Gasteiger partial charge on any atom is 0.453 e. The first-order valence-electron chi connectivity index (χ1n) is 9.47. The van der Waals surface area contributed by atoms with Crippen LogP contribution in [-0.4, -0.2) is 29.2 Å². The first-order chi connectivity index (χ1) is 14.1. The number of azo groups is 1. The molecule has 0 fully saturated rings. The molecule has 0 amide bonds. The molecule has 0 spiro atoms. The quantitative estimate of drug-likeness (QED) is 0.400. The number of aryl methyl sites for hydroxylation is 2. The second-order valence-corrected chi connectivity index (χ2v) is 9.33. The molecule has 0 saturated heterocycles. The number of nitrogens with zero attached hydrogens (tertiary/aromatic N) is 9. The minimum atomic E-state index is -4.68. The van der Waals surface area contributed by atoms with Gasteiger partial charge in [0.15, 0.2) is 17.2 Å². The lowest BCUT2D eigenvalue weighted by Crippen LogP contribution is -2.15. The Morgan fingerprint density at radius 3 is 1.90 bits per heavy atom. The lowest BCUT2D eigenvalue weighted by molar-refractivity contribution is -0.146. The number of hydrogen-bond acceptors (Lipinski definition) is 5. The van der Waals surface area contributed by atoms with Crippen molar-refractivity contribution in [3.05, 3.63) is 28.6 Å². The van der Waals surface area contributed by atoms with Crippen molar-refractivity contribution in [2.45, 2.75) is 58.5 Å². The van der Waals surface area contributed by atoms with Gasteiger partial charge in [-0.2, -0.15) is 27.9 Å². The van der Waals surface area contributed by atoms with Crippen molar-refractivity contribution >= 4 is 22.8 Å². The summed E-state index contributed by atoms with van der Waals surface area (Å²) in [5, 5.41) is 20.6. The van der Waals surface area contributed by atoms with Gasteiger partial charge in [-0.25, -0.2) is 9.53 Å². The van der Waals surface area contributed by atoms with Gasteiger partial charge in [0.2, 0.25) is 0 Å². The van der Waals surface area contributed by atoms with E-state index in [9.17, 15) is 13.2 Å². The third kappa shape index (κ3) is 3.80. The molecule has 3 aromatic rings. The minimum Gasteiger partial charge on any atom is -0.260 e. The van der Waals surface area contributed by atoms with Crippen molar-refractivity contribution in [1.82, 2.24) is 29.2 Å².